The number of nitrogens with zero attached hydrogens (tertiary/aromatic N) is 2. The molecule has 0 spiro atoms. The molecule has 2 heterocycles. The first-order valence-corrected chi connectivity index (χ1v) is 8.08. The zero-order valence-corrected chi connectivity index (χ0v) is 13.1. The Kier molecular flexibility index (Phi) is 3.37. The van der Waals surface area contributed by atoms with E-state index >= 15 is 0 Å². The van der Waals surface area contributed by atoms with Gasteiger partial charge in [-0.1, -0.05) is 24.3 Å². The van der Waals surface area contributed by atoms with Crippen LogP contribution < -0.4 is 10.7 Å². The minimum absolute atomic E-state index is 0.0249. The fourth-order valence-corrected chi connectivity index (χ4v) is 3.41. The predicted octanol–water partition coefficient (Wildman–Crippen LogP) is 3.00. The van der Waals surface area contributed by atoms with Crippen molar-refractivity contribution in [2.24, 2.45) is 0 Å². The van der Waals surface area contributed by atoms with Gasteiger partial charge in [0.15, 0.2) is 0 Å². The molecule has 0 saturated heterocycles. The summed E-state index contributed by atoms with van der Waals surface area (Å²) >= 11 is 0. The lowest BCUT2D eigenvalue weighted by atomic mass is 10.1. The Bertz CT molecular complexity index is 904. The van der Waals surface area contributed by atoms with Gasteiger partial charge >= 0.3 is 0 Å². The van der Waals surface area contributed by atoms with Gasteiger partial charge in [0.25, 0.3) is 0 Å². The fraction of sp³-hybridized carbons (Fsp3) is 0.263. The van der Waals surface area contributed by atoms with Gasteiger partial charge in [-0.05, 0) is 43.0 Å². The molecule has 0 atom stereocenters. The zero-order valence-electron chi connectivity index (χ0n) is 13.1. The van der Waals surface area contributed by atoms with E-state index in [1.54, 1.807) is 6.07 Å². The molecule has 116 valence electrons. The summed E-state index contributed by atoms with van der Waals surface area (Å²) in [4.78, 5) is 16.7. The Morgan fingerprint density at radius 2 is 1.87 bits per heavy atom. The maximum Gasteiger partial charge on any atom is 0.207 e. The molecule has 4 nitrogen and oxygen atoms in total. The Hall–Kier alpha value is -2.62. The highest BCUT2D eigenvalue weighted by molar-refractivity contribution is 5.76. The molecule has 1 aliphatic carbocycles. The molecule has 0 saturated carbocycles. The minimum Gasteiger partial charge on any atom is -0.367 e. The minimum atomic E-state index is -0.0249. The van der Waals surface area contributed by atoms with E-state index in [2.05, 4.69) is 41.5 Å². The normalized spacial score (nSPS) is 14.1. The van der Waals surface area contributed by atoms with Gasteiger partial charge in [0.2, 0.25) is 5.43 Å². The molecule has 1 N–H and O–H groups in total. The molecule has 2 aromatic heterocycles. The molecule has 1 aromatic carbocycles. The maximum atomic E-state index is 12.1. The van der Waals surface area contributed by atoms with E-state index in [0.717, 1.165) is 30.7 Å². The number of pyridine rings is 2. The molecule has 4 heteroatoms. The first-order valence-electron chi connectivity index (χ1n) is 8.08. The number of hydrogen-bond donors (Lipinski definition) is 1. The van der Waals surface area contributed by atoms with Crippen molar-refractivity contribution in [2.75, 3.05) is 5.32 Å². The highest BCUT2D eigenvalue weighted by atomic mass is 16.1. The lowest BCUT2D eigenvalue weighted by molar-refractivity contribution is 0.767. The summed E-state index contributed by atoms with van der Waals surface area (Å²) in [6.07, 6.45) is 3.83. The van der Waals surface area contributed by atoms with Gasteiger partial charge in [0, 0.05) is 24.8 Å². The standard InChI is InChI=1S/C19H19N3O/c1-2-22-10-9-17(23)19-16(22)7-8-18(21-19)20-15-11-13-5-3-4-6-14(13)12-15/h3-10,15H,2,11-12H2,1H3,(H,20,21). The Morgan fingerprint density at radius 1 is 1.13 bits per heavy atom. The largest absolute Gasteiger partial charge is 0.367 e. The lowest BCUT2D eigenvalue weighted by Crippen LogP contribution is -2.20. The first kappa shape index (κ1) is 14.0. The first-order chi connectivity index (χ1) is 11.2. The van der Waals surface area contributed by atoms with Crippen molar-refractivity contribution in [3.8, 4) is 0 Å². The summed E-state index contributed by atoms with van der Waals surface area (Å²) in [5, 5.41) is 3.49. The van der Waals surface area contributed by atoms with Gasteiger partial charge in [-0.15, -0.1) is 0 Å². The third-order valence-electron chi connectivity index (χ3n) is 4.57. The van der Waals surface area contributed by atoms with Crippen molar-refractivity contribution in [3.05, 3.63) is 70.0 Å². The van der Waals surface area contributed by atoms with Crippen LogP contribution in [0.5, 0.6) is 0 Å². The summed E-state index contributed by atoms with van der Waals surface area (Å²) in [5.41, 5.74) is 4.21. The number of rotatable bonds is 3. The van der Waals surface area contributed by atoms with E-state index in [1.807, 2.05) is 22.9 Å². The smallest absolute Gasteiger partial charge is 0.207 e. The summed E-state index contributed by atoms with van der Waals surface area (Å²) in [5.74, 6) is 0.779. The summed E-state index contributed by atoms with van der Waals surface area (Å²) in [6.45, 7) is 2.88. The number of anilines is 1. The SMILES string of the molecule is CCn1ccc(=O)c2nc(NC3Cc4ccccc4C3)ccc21. The van der Waals surface area contributed by atoms with Crippen LogP contribution in [0, 0.1) is 0 Å². The number of aromatic nitrogens is 2. The third-order valence-corrected chi connectivity index (χ3v) is 4.57. The van der Waals surface area contributed by atoms with Crippen LogP contribution in [-0.4, -0.2) is 15.6 Å². The van der Waals surface area contributed by atoms with Gasteiger partial charge in [0.1, 0.15) is 11.3 Å². The molecule has 0 bridgehead atoms. The van der Waals surface area contributed by atoms with Crippen molar-refractivity contribution in [1.29, 1.82) is 0 Å². The van der Waals surface area contributed by atoms with Crippen LogP contribution in [0.2, 0.25) is 0 Å². The Labute approximate surface area is 134 Å². The van der Waals surface area contributed by atoms with Crippen LogP contribution in [0.25, 0.3) is 11.0 Å². The van der Waals surface area contributed by atoms with E-state index < -0.39 is 0 Å². The molecule has 0 amide bonds. The van der Waals surface area contributed by atoms with Crippen molar-refractivity contribution < 1.29 is 0 Å². The number of aryl methyl sites for hydroxylation is 1. The third kappa shape index (κ3) is 2.50. The zero-order chi connectivity index (χ0) is 15.8. The van der Waals surface area contributed by atoms with Crippen molar-refractivity contribution in [1.82, 2.24) is 9.55 Å². The Balaban J connectivity index is 1.64. The molecule has 1 aliphatic rings. The summed E-state index contributed by atoms with van der Waals surface area (Å²) < 4.78 is 2.04. The van der Waals surface area contributed by atoms with Crippen LogP contribution in [-0.2, 0) is 19.4 Å². The number of hydrogen-bond acceptors (Lipinski definition) is 3. The topological polar surface area (TPSA) is 46.9 Å². The van der Waals surface area contributed by atoms with Crippen LogP contribution >= 0.6 is 0 Å². The van der Waals surface area contributed by atoms with Gasteiger partial charge in [-0.25, -0.2) is 4.98 Å². The molecule has 0 unspecified atom stereocenters. The molecule has 0 aliphatic heterocycles. The summed E-state index contributed by atoms with van der Waals surface area (Å²) in [7, 11) is 0. The van der Waals surface area contributed by atoms with Crippen molar-refractivity contribution in [3.63, 3.8) is 0 Å². The molecule has 0 radical (unpaired) electrons. The second kappa shape index (κ2) is 5.54. The quantitative estimate of drug-likeness (QED) is 0.809. The summed E-state index contributed by atoms with van der Waals surface area (Å²) in [6, 6.07) is 14.4. The van der Waals surface area contributed by atoms with E-state index in [0.29, 0.717) is 11.6 Å². The number of benzene rings is 1. The highest BCUT2D eigenvalue weighted by Gasteiger charge is 2.21. The van der Waals surface area contributed by atoms with E-state index in [4.69, 9.17) is 0 Å². The van der Waals surface area contributed by atoms with E-state index in [-0.39, 0.29) is 5.43 Å². The van der Waals surface area contributed by atoms with Gasteiger partial charge in [0.05, 0.1) is 5.52 Å². The number of nitrogens with one attached hydrogen (secondary N) is 1. The maximum absolute atomic E-state index is 12.1. The van der Waals surface area contributed by atoms with E-state index in [1.165, 1.54) is 11.1 Å². The van der Waals surface area contributed by atoms with Crippen LogP contribution in [0.1, 0.15) is 18.1 Å². The highest BCUT2D eigenvalue weighted by Crippen LogP contribution is 2.24. The van der Waals surface area contributed by atoms with E-state index in [9.17, 15) is 4.79 Å². The molecular weight excluding hydrogens is 286 g/mol. The molecule has 23 heavy (non-hydrogen) atoms. The predicted molar refractivity (Wildman–Crippen MR) is 92.9 cm³/mol. The van der Waals surface area contributed by atoms with Crippen molar-refractivity contribution in [2.45, 2.75) is 32.4 Å². The second-order valence-corrected chi connectivity index (χ2v) is 6.05. The van der Waals surface area contributed by atoms with Crippen LogP contribution in [0.4, 0.5) is 5.82 Å². The number of fused-ring (bicyclic) bond motifs is 2. The average molecular weight is 305 g/mol. The van der Waals surface area contributed by atoms with Gasteiger partial charge in [-0.2, -0.15) is 0 Å². The lowest BCUT2D eigenvalue weighted by Gasteiger charge is -2.14. The second-order valence-electron chi connectivity index (χ2n) is 6.05. The fourth-order valence-electron chi connectivity index (χ4n) is 3.41. The van der Waals surface area contributed by atoms with Crippen molar-refractivity contribution >= 4 is 16.9 Å². The molecule has 3 aromatic rings. The van der Waals surface area contributed by atoms with Crippen LogP contribution in [0.3, 0.4) is 0 Å². The molecule has 4 rings (SSSR count). The average Bonchev–Trinajstić information content (AvgIpc) is 2.98. The van der Waals surface area contributed by atoms with Gasteiger partial charge in [-0.3, -0.25) is 4.79 Å². The monoisotopic (exact) mass is 305 g/mol. The molecular formula is C19H19N3O. The van der Waals surface area contributed by atoms with Gasteiger partial charge < -0.3 is 9.88 Å². The Morgan fingerprint density at radius 3 is 2.57 bits per heavy atom. The van der Waals surface area contributed by atoms with Crippen LogP contribution in [0.15, 0.2) is 53.5 Å². The molecule has 0 fully saturated rings.